The maximum atomic E-state index is 10.9. The summed E-state index contributed by atoms with van der Waals surface area (Å²) in [6.45, 7) is 1.83. The van der Waals surface area contributed by atoms with Crippen LogP contribution >= 0.6 is 0 Å². The summed E-state index contributed by atoms with van der Waals surface area (Å²) in [5, 5.41) is 9.28. The Balaban J connectivity index is 2.50. The van der Waals surface area contributed by atoms with Gasteiger partial charge in [0.15, 0.2) is 9.84 Å². The largest absolute Gasteiger partial charge is 0.493 e. The van der Waals surface area contributed by atoms with E-state index in [1.165, 1.54) is 6.26 Å². The van der Waals surface area contributed by atoms with Gasteiger partial charge in [-0.2, -0.15) is 0 Å². The normalized spacial score (nSPS) is 13.4. The molecule has 0 saturated carbocycles. The van der Waals surface area contributed by atoms with Crippen molar-refractivity contribution < 1.29 is 18.3 Å². The predicted molar refractivity (Wildman–Crippen MR) is 62.3 cm³/mol. The van der Waals surface area contributed by atoms with E-state index in [0.29, 0.717) is 5.75 Å². The molecule has 0 amide bonds. The molecule has 5 heteroatoms. The lowest BCUT2D eigenvalue weighted by Crippen LogP contribution is -2.12. The smallest absolute Gasteiger partial charge is 0.150 e. The molecule has 16 heavy (non-hydrogen) atoms. The Morgan fingerprint density at radius 2 is 1.88 bits per heavy atom. The van der Waals surface area contributed by atoms with Gasteiger partial charge in [-0.15, -0.1) is 0 Å². The molecule has 1 atom stereocenters. The highest BCUT2D eigenvalue weighted by molar-refractivity contribution is 7.90. The van der Waals surface area contributed by atoms with Crippen LogP contribution < -0.4 is 4.74 Å². The van der Waals surface area contributed by atoms with Crippen molar-refractivity contribution in [2.24, 2.45) is 0 Å². The van der Waals surface area contributed by atoms with Crippen molar-refractivity contribution >= 4 is 9.84 Å². The van der Waals surface area contributed by atoms with Gasteiger partial charge in [-0.1, -0.05) is 12.1 Å². The summed E-state index contributed by atoms with van der Waals surface area (Å²) < 4.78 is 27.0. The monoisotopic (exact) mass is 244 g/mol. The molecule has 0 saturated heterocycles. The summed E-state index contributed by atoms with van der Waals surface area (Å²) in [7, 11) is -2.98. The van der Waals surface area contributed by atoms with Crippen molar-refractivity contribution in [2.75, 3.05) is 18.6 Å². The molecular weight excluding hydrogens is 228 g/mol. The molecule has 0 fully saturated rings. The summed E-state index contributed by atoms with van der Waals surface area (Å²) in [4.78, 5) is 0. The van der Waals surface area contributed by atoms with Gasteiger partial charge in [0, 0.05) is 6.26 Å². The molecule has 0 bridgehead atoms. The number of rotatable bonds is 5. The van der Waals surface area contributed by atoms with Gasteiger partial charge < -0.3 is 9.84 Å². The summed E-state index contributed by atoms with van der Waals surface area (Å²) in [6.07, 6.45) is 0.664. The molecule has 1 rings (SSSR count). The van der Waals surface area contributed by atoms with Gasteiger partial charge in [-0.3, -0.25) is 0 Å². The van der Waals surface area contributed by atoms with Crippen LogP contribution in [0.5, 0.6) is 5.75 Å². The summed E-state index contributed by atoms with van der Waals surface area (Å²) in [5.41, 5.74) is 0.801. The highest BCUT2D eigenvalue weighted by atomic mass is 32.2. The number of ether oxygens (including phenoxy) is 1. The predicted octanol–water partition coefficient (Wildman–Crippen LogP) is 1.16. The van der Waals surface area contributed by atoms with Gasteiger partial charge in [0.25, 0.3) is 0 Å². The van der Waals surface area contributed by atoms with Crippen molar-refractivity contribution in [1.82, 2.24) is 0 Å². The van der Waals surface area contributed by atoms with Crippen LogP contribution in [0.1, 0.15) is 18.6 Å². The first-order chi connectivity index (χ1) is 7.38. The van der Waals surface area contributed by atoms with Crippen LogP contribution in [0.3, 0.4) is 0 Å². The lowest BCUT2D eigenvalue weighted by atomic mass is 10.1. The summed E-state index contributed by atoms with van der Waals surface area (Å²) in [5.74, 6) is 0.610. The molecule has 0 heterocycles. The van der Waals surface area contributed by atoms with Gasteiger partial charge in [0.05, 0.1) is 11.9 Å². The minimum atomic E-state index is -2.98. The van der Waals surface area contributed by atoms with E-state index in [1.807, 2.05) is 0 Å². The highest BCUT2D eigenvalue weighted by Gasteiger charge is 2.03. The molecule has 0 aromatic heterocycles. The molecule has 1 N–H and O–H groups in total. The maximum absolute atomic E-state index is 10.9. The SMILES string of the molecule is C[C@H](O)c1ccc(OCCS(C)(=O)=O)cc1. The Labute approximate surface area is 95.8 Å². The molecule has 0 aliphatic heterocycles. The average Bonchev–Trinajstić information content (AvgIpc) is 2.16. The second-order valence-corrected chi connectivity index (χ2v) is 5.98. The van der Waals surface area contributed by atoms with Crippen LogP contribution in [-0.4, -0.2) is 32.1 Å². The van der Waals surface area contributed by atoms with Gasteiger partial charge in [0.2, 0.25) is 0 Å². The van der Waals surface area contributed by atoms with Crippen LogP contribution in [0.2, 0.25) is 0 Å². The van der Waals surface area contributed by atoms with E-state index in [-0.39, 0.29) is 12.4 Å². The van der Waals surface area contributed by atoms with Gasteiger partial charge in [0.1, 0.15) is 12.4 Å². The quantitative estimate of drug-likeness (QED) is 0.844. The number of aliphatic hydroxyl groups excluding tert-OH is 1. The third-order valence-electron chi connectivity index (χ3n) is 2.09. The van der Waals surface area contributed by atoms with Gasteiger partial charge in [-0.05, 0) is 24.6 Å². The molecule has 0 aliphatic rings. The lowest BCUT2D eigenvalue weighted by Gasteiger charge is -2.07. The van der Waals surface area contributed by atoms with Crippen LogP contribution in [0.15, 0.2) is 24.3 Å². The summed E-state index contributed by atoms with van der Waals surface area (Å²) in [6, 6.07) is 6.93. The fraction of sp³-hybridized carbons (Fsp3) is 0.455. The second kappa shape index (κ2) is 5.32. The number of sulfone groups is 1. The third kappa shape index (κ3) is 4.63. The van der Waals surface area contributed by atoms with Crippen molar-refractivity contribution in [3.8, 4) is 5.75 Å². The van der Waals surface area contributed by atoms with Gasteiger partial charge in [-0.25, -0.2) is 8.42 Å². The molecule has 0 radical (unpaired) electrons. The molecule has 0 aliphatic carbocycles. The highest BCUT2D eigenvalue weighted by Crippen LogP contribution is 2.17. The van der Waals surface area contributed by atoms with E-state index in [2.05, 4.69) is 0 Å². The van der Waals surface area contributed by atoms with E-state index in [4.69, 9.17) is 4.74 Å². The van der Waals surface area contributed by atoms with Crippen molar-refractivity contribution in [1.29, 1.82) is 0 Å². The van der Waals surface area contributed by atoms with Crippen molar-refractivity contribution in [2.45, 2.75) is 13.0 Å². The zero-order valence-corrected chi connectivity index (χ0v) is 10.2. The molecule has 1 aromatic carbocycles. The first-order valence-electron chi connectivity index (χ1n) is 4.97. The molecule has 90 valence electrons. The maximum Gasteiger partial charge on any atom is 0.150 e. The molecule has 0 unspecified atom stereocenters. The average molecular weight is 244 g/mol. The van der Waals surface area contributed by atoms with Gasteiger partial charge >= 0.3 is 0 Å². The first kappa shape index (κ1) is 13.0. The Kier molecular flexibility index (Phi) is 4.32. The molecule has 0 spiro atoms. The standard InChI is InChI=1S/C11H16O4S/c1-9(12)10-3-5-11(6-4-10)15-7-8-16(2,13)14/h3-6,9,12H,7-8H2,1-2H3/t9-/m0/s1. The van der Waals surface area contributed by atoms with E-state index in [1.54, 1.807) is 31.2 Å². The second-order valence-electron chi connectivity index (χ2n) is 3.72. The summed E-state index contributed by atoms with van der Waals surface area (Å²) >= 11 is 0. The first-order valence-corrected chi connectivity index (χ1v) is 7.03. The zero-order chi connectivity index (χ0) is 12.2. The van der Waals surface area contributed by atoms with Crippen molar-refractivity contribution in [3.05, 3.63) is 29.8 Å². The topological polar surface area (TPSA) is 63.6 Å². The fourth-order valence-electron chi connectivity index (χ4n) is 1.15. The Hall–Kier alpha value is -1.07. The van der Waals surface area contributed by atoms with E-state index in [9.17, 15) is 13.5 Å². The van der Waals surface area contributed by atoms with E-state index >= 15 is 0 Å². The molecular formula is C11H16O4S. The lowest BCUT2D eigenvalue weighted by molar-refractivity contribution is 0.199. The fourth-order valence-corrected chi connectivity index (χ4v) is 1.54. The van der Waals surface area contributed by atoms with Crippen LogP contribution in [0.4, 0.5) is 0 Å². The van der Waals surface area contributed by atoms with Crippen molar-refractivity contribution in [3.63, 3.8) is 0 Å². The number of hydrogen-bond acceptors (Lipinski definition) is 4. The molecule has 1 aromatic rings. The minimum absolute atomic E-state index is 0.00511. The van der Waals surface area contributed by atoms with E-state index in [0.717, 1.165) is 5.56 Å². The van der Waals surface area contributed by atoms with Crippen LogP contribution in [0.25, 0.3) is 0 Å². The van der Waals surface area contributed by atoms with E-state index < -0.39 is 15.9 Å². The van der Waals surface area contributed by atoms with Crippen LogP contribution in [0, 0.1) is 0 Å². The molecule has 4 nitrogen and oxygen atoms in total. The van der Waals surface area contributed by atoms with Crippen LogP contribution in [-0.2, 0) is 9.84 Å². The Morgan fingerprint density at radius 1 is 1.31 bits per heavy atom. The zero-order valence-electron chi connectivity index (χ0n) is 9.38. The number of benzene rings is 1. The Morgan fingerprint density at radius 3 is 2.31 bits per heavy atom. The number of aliphatic hydroxyl groups is 1. The Bertz CT molecular complexity index is 420. The third-order valence-corrected chi connectivity index (χ3v) is 2.99. The minimum Gasteiger partial charge on any atom is -0.493 e. The number of hydrogen-bond donors (Lipinski definition) is 1.